The summed E-state index contributed by atoms with van der Waals surface area (Å²) in [7, 11) is 0. The zero-order valence-electron chi connectivity index (χ0n) is 8.67. The number of carbonyl (C=O) groups is 1. The highest BCUT2D eigenvalue weighted by Crippen LogP contribution is 2.22. The normalized spacial score (nSPS) is 9.94. The standard InChI is InChI=1S/C12H8FNO2S/c13-16-10-6-4-9(5-7-10)12(15)17-11-3-1-2-8-14-11/h1-8H. The first-order chi connectivity index (χ1) is 8.29. The Balaban J connectivity index is 2.09. The van der Waals surface area contributed by atoms with Gasteiger partial charge in [0.25, 0.3) is 0 Å². The third-order valence-electron chi connectivity index (χ3n) is 2.01. The van der Waals surface area contributed by atoms with E-state index < -0.39 is 0 Å². The molecule has 0 fully saturated rings. The maximum absolute atomic E-state index is 11.8. The van der Waals surface area contributed by atoms with E-state index >= 15 is 0 Å². The molecular formula is C12H8FNO2S. The van der Waals surface area contributed by atoms with Crippen molar-refractivity contribution in [1.82, 2.24) is 4.98 Å². The van der Waals surface area contributed by atoms with Gasteiger partial charge >= 0.3 is 0 Å². The Bertz CT molecular complexity index is 502. The molecule has 0 aliphatic heterocycles. The molecule has 0 radical (unpaired) electrons. The zero-order valence-corrected chi connectivity index (χ0v) is 9.49. The Kier molecular flexibility index (Phi) is 3.72. The Morgan fingerprint density at radius 3 is 2.53 bits per heavy atom. The van der Waals surface area contributed by atoms with Crippen LogP contribution in [0.5, 0.6) is 5.75 Å². The van der Waals surface area contributed by atoms with E-state index in [4.69, 9.17) is 0 Å². The monoisotopic (exact) mass is 249 g/mol. The number of aromatic nitrogens is 1. The lowest BCUT2D eigenvalue weighted by Crippen LogP contribution is -1.93. The summed E-state index contributed by atoms with van der Waals surface area (Å²) in [6, 6.07) is 11.1. The minimum absolute atomic E-state index is 0.0735. The highest BCUT2D eigenvalue weighted by Gasteiger charge is 2.08. The summed E-state index contributed by atoms with van der Waals surface area (Å²) in [5, 5.41) is 0.484. The second kappa shape index (κ2) is 5.45. The Hall–Kier alpha value is -1.88. The van der Waals surface area contributed by atoms with Gasteiger partial charge in [0, 0.05) is 16.3 Å². The van der Waals surface area contributed by atoms with Crippen molar-refractivity contribution >= 4 is 16.9 Å². The molecule has 0 saturated carbocycles. The van der Waals surface area contributed by atoms with E-state index in [1.54, 1.807) is 18.3 Å². The van der Waals surface area contributed by atoms with Gasteiger partial charge in [0.2, 0.25) is 5.12 Å². The molecule has 0 unspecified atom stereocenters. The molecule has 3 nitrogen and oxygen atoms in total. The Morgan fingerprint density at radius 1 is 1.18 bits per heavy atom. The molecule has 0 amide bonds. The van der Waals surface area contributed by atoms with Crippen LogP contribution in [0.15, 0.2) is 53.7 Å². The fourth-order valence-electron chi connectivity index (χ4n) is 1.20. The van der Waals surface area contributed by atoms with Gasteiger partial charge in [-0.3, -0.25) is 9.74 Å². The first-order valence-electron chi connectivity index (χ1n) is 4.81. The largest absolute Gasteiger partial charge is 0.294 e. The van der Waals surface area contributed by atoms with Crippen LogP contribution in [-0.4, -0.2) is 10.1 Å². The number of hydrogen-bond acceptors (Lipinski definition) is 4. The first-order valence-corrected chi connectivity index (χ1v) is 5.63. The number of pyridine rings is 1. The summed E-state index contributed by atoms with van der Waals surface area (Å²) in [5.74, 6) is 0.0735. The highest BCUT2D eigenvalue weighted by atomic mass is 32.2. The van der Waals surface area contributed by atoms with E-state index in [1.165, 1.54) is 24.3 Å². The second-order valence-corrected chi connectivity index (χ2v) is 4.15. The molecule has 0 spiro atoms. The van der Waals surface area contributed by atoms with E-state index in [1.807, 2.05) is 6.07 Å². The lowest BCUT2D eigenvalue weighted by Gasteiger charge is -2.00. The van der Waals surface area contributed by atoms with Crippen molar-refractivity contribution in [2.24, 2.45) is 0 Å². The van der Waals surface area contributed by atoms with Crippen molar-refractivity contribution in [3.05, 3.63) is 54.2 Å². The van der Waals surface area contributed by atoms with Crippen LogP contribution >= 0.6 is 11.8 Å². The number of halogens is 1. The Morgan fingerprint density at radius 2 is 1.94 bits per heavy atom. The zero-order chi connectivity index (χ0) is 12.1. The van der Waals surface area contributed by atoms with E-state index in [-0.39, 0.29) is 10.9 Å². The lowest BCUT2D eigenvalue weighted by molar-refractivity contribution is -0.00621. The molecule has 0 bridgehead atoms. The van der Waals surface area contributed by atoms with Crippen LogP contribution < -0.4 is 4.94 Å². The van der Waals surface area contributed by atoms with Gasteiger partial charge in [0.05, 0.1) is 0 Å². The maximum atomic E-state index is 11.8. The molecular weight excluding hydrogens is 241 g/mol. The van der Waals surface area contributed by atoms with Crippen LogP contribution in [0.1, 0.15) is 10.4 Å². The van der Waals surface area contributed by atoms with Crippen molar-refractivity contribution in [2.45, 2.75) is 5.03 Å². The van der Waals surface area contributed by atoms with Crippen LogP contribution in [0, 0.1) is 0 Å². The molecule has 0 aliphatic carbocycles. The quantitative estimate of drug-likeness (QED) is 0.782. The smallest absolute Gasteiger partial charge is 0.225 e. The van der Waals surface area contributed by atoms with Gasteiger partial charge in [-0.25, -0.2) is 4.98 Å². The van der Waals surface area contributed by atoms with Crippen molar-refractivity contribution in [1.29, 1.82) is 0 Å². The minimum atomic E-state index is -0.144. The first kappa shape index (κ1) is 11.6. The fourth-order valence-corrected chi connectivity index (χ4v) is 1.91. The number of hydrogen-bond donors (Lipinski definition) is 0. The van der Waals surface area contributed by atoms with Crippen LogP contribution in [0.2, 0.25) is 0 Å². The molecule has 0 atom stereocenters. The molecule has 0 N–H and O–H groups in total. The van der Waals surface area contributed by atoms with E-state index in [2.05, 4.69) is 9.93 Å². The van der Waals surface area contributed by atoms with Gasteiger partial charge in [-0.05, 0) is 48.2 Å². The van der Waals surface area contributed by atoms with Crippen LogP contribution in [0.25, 0.3) is 0 Å². The summed E-state index contributed by atoms with van der Waals surface area (Å²) in [6.07, 6.45) is 1.62. The lowest BCUT2D eigenvalue weighted by atomic mass is 10.2. The van der Waals surface area contributed by atoms with Gasteiger partial charge in [-0.1, -0.05) is 6.07 Å². The molecule has 1 heterocycles. The number of benzene rings is 1. The SMILES string of the molecule is O=C(Sc1ccccn1)c1ccc(OF)cc1. The average Bonchev–Trinajstić information content (AvgIpc) is 2.40. The molecule has 2 aromatic rings. The topological polar surface area (TPSA) is 39.2 Å². The molecule has 2 rings (SSSR count). The van der Waals surface area contributed by atoms with Gasteiger partial charge in [0.15, 0.2) is 5.75 Å². The molecule has 1 aromatic heterocycles. The molecule has 17 heavy (non-hydrogen) atoms. The summed E-state index contributed by atoms with van der Waals surface area (Å²) in [4.78, 5) is 19.4. The predicted molar refractivity (Wildman–Crippen MR) is 62.6 cm³/mol. The number of thioether (sulfide) groups is 1. The summed E-state index contributed by atoms with van der Waals surface area (Å²) in [6.45, 7) is 0. The third-order valence-corrected chi connectivity index (χ3v) is 2.89. The molecule has 1 aromatic carbocycles. The van der Waals surface area contributed by atoms with Crippen molar-refractivity contribution in [3.63, 3.8) is 0 Å². The van der Waals surface area contributed by atoms with Crippen LogP contribution in [0.4, 0.5) is 4.53 Å². The number of rotatable bonds is 3. The van der Waals surface area contributed by atoms with E-state index in [0.29, 0.717) is 10.6 Å². The van der Waals surface area contributed by atoms with E-state index in [9.17, 15) is 9.32 Å². The number of nitrogens with zero attached hydrogens (tertiary/aromatic N) is 1. The summed E-state index contributed by atoms with van der Waals surface area (Å²) in [5.41, 5.74) is 0.474. The summed E-state index contributed by atoms with van der Waals surface area (Å²) >= 11 is 1.03. The molecule has 86 valence electrons. The van der Waals surface area contributed by atoms with Gasteiger partial charge in [-0.2, -0.15) is 0 Å². The fraction of sp³-hybridized carbons (Fsp3) is 0. The van der Waals surface area contributed by atoms with Gasteiger partial charge in [0.1, 0.15) is 5.03 Å². The highest BCUT2D eigenvalue weighted by molar-refractivity contribution is 8.14. The average molecular weight is 249 g/mol. The minimum Gasteiger partial charge on any atom is -0.294 e. The van der Waals surface area contributed by atoms with Crippen molar-refractivity contribution in [2.75, 3.05) is 0 Å². The predicted octanol–water partition coefficient (Wildman–Crippen LogP) is 3.28. The van der Waals surface area contributed by atoms with Gasteiger partial charge in [-0.15, -0.1) is 0 Å². The van der Waals surface area contributed by atoms with Crippen molar-refractivity contribution in [3.8, 4) is 5.75 Å². The van der Waals surface area contributed by atoms with Crippen LogP contribution in [0.3, 0.4) is 0 Å². The number of carbonyl (C=O) groups excluding carboxylic acids is 1. The van der Waals surface area contributed by atoms with Crippen molar-refractivity contribution < 1.29 is 14.3 Å². The molecule has 0 aliphatic rings. The van der Waals surface area contributed by atoms with Gasteiger partial charge < -0.3 is 0 Å². The summed E-state index contributed by atoms with van der Waals surface area (Å²) < 4.78 is 11.8. The Labute approximate surface area is 102 Å². The van der Waals surface area contributed by atoms with Crippen LogP contribution in [-0.2, 0) is 0 Å². The second-order valence-electron chi connectivity index (χ2n) is 3.16. The van der Waals surface area contributed by atoms with E-state index in [0.717, 1.165) is 11.8 Å². The molecule has 5 heteroatoms. The third kappa shape index (κ3) is 3.04. The maximum Gasteiger partial charge on any atom is 0.225 e. The molecule has 0 saturated heterocycles.